The van der Waals surface area contributed by atoms with Crippen molar-refractivity contribution in [3.63, 3.8) is 0 Å². The highest BCUT2D eigenvalue weighted by Crippen LogP contribution is 2.26. The average Bonchev–Trinajstić information content (AvgIpc) is 2.56. The Morgan fingerprint density at radius 2 is 2.29 bits per heavy atom. The fourth-order valence-electron chi connectivity index (χ4n) is 1.56. The number of rotatable bonds is 1. The maximum Gasteiger partial charge on any atom is 0.127 e. The van der Waals surface area contributed by atoms with Gasteiger partial charge in [0.2, 0.25) is 0 Å². The summed E-state index contributed by atoms with van der Waals surface area (Å²) in [6, 6.07) is 4.55. The van der Waals surface area contributed by atoms with Gasteiger partial charge in [-0.1, -0.05) is 11.6 Å². The topological polar surface area (TPSA) is 38.0 Å². The molecule has 0 saturated carbocycles. The summed E-state index contributed by atoms with van der Waals surface area (Å²) in [5, 5.41) is 3.49. The van der Waals surface area contributed by atoms with Crippen LogP contribution in [-0.2, 0) is 0 Å². The fourth-order valence-corrected chi connectivity index (χ4v) is 1.74. The van der Waals surface area contributed by atoms with E-state index in [1.165, 1.54) is 12.1 Å². The van der Waals surface area contributed by atoms with Crippen LogP contribution in [0, 0.1) is 5.82 Å². The zero-order valence-electron chi connectivity index (χ0n) is 7.43. The molecule has 0 bridgehead atoms. The molecule has 1 unspecified atom stereocenters. The molecule has 1 atom stereocenters. The molecular formula is C10H10ClFN2. The molecule has 1 aliphatic heterocycles. The quantitative estimate of drug-likeness (QED) is 0.747. The standard InChI is InChI=1S/C10H10ClFN2/c11-7-1-2-9(12)8(4-7)6-3-10(13)14-5-6/h1-4,6,14H,5,13H2. The summed E-state index contributed by atoms with van der Waals surface area (Å²) >= 11 is 5.79. The Hall–Kier alpha value is -1.22. The molecule has 1 aliphatic rings. The molecule has 0 aromatic heterocycles. The third kappa shape index (κ3) is 1.68. The first kappa shape index (κ1) is 9.34. The zero-order valence-corrected chi connectivity index (χ0v) is 8.18. The smallest absolute Gasteiger partial charge is 0.127 e. The van der Waals surface area contributed by atoms with Gasteiger partial charge in [-0.3, -0.25) is 0 Å². The summed E-state index contributed by atoms with van der Waals surface area (Å²) in [4.78, 5) is 0. The molecule has 2 rings (SSSR count). The summed E-state index contributed by atoms with van der Waals surface area (Å²) in [5.74, 6) is 0.329. The Bertz CT molecular complexity index is 390. The molecule has 0 saturated heterocycles. The molecule has 3 N–H and O–H groups in total. The summed E-state index contributed by atoms with van der Waals surface area (Å²) in [5.41, 5.74) is 6.13. The highest BCUT2D eigenvalue weighted by atomic mass is 35.5. The van der Waals surface area contributed by atoms with E-state index in [0.29, 0.717) is 23.0 Å². The Morgan fingerprint density at radius 3 is 2.93 bits per heavy atom. The Balaban J connectivity index is 2.36. The summed E-state index contributed by atoms with van der Waals surface area (Å²) < 4.78 is 13.4. The molecule has 0 fully saturated rings. The van der Waals surface area contributed by atoms with Crippen molar-refractivity contribution in [2.24, 2.45) is 5.73 Å². The van der Waals surface area contributed by atoms with Crippen molar-refractivity contribution >= 4 is 11.6 Å². The van der Waals surface area contributed by atoms with E-state index in [4.69, 9.17) is 17.3 Å². The second kappa shape index (κ2) is 3.50. The van der Waals surface area contributed by atoms with Gasteiger partial charge in [-0.25, -0.2) is 4.39 Å². The van der Waals surface area contributed by atoms with Crippen LogP contribution < -0.4 is 11.1 Å². The van der Waals surface area contributed by atoms with Gasteiger partial charge in [0.15, 0.2) is 0 Å². The molecule has 0 amide bonds. The molecule has 1 aromatic rings. The van der Waals surface area contributed by atoms with Crippen molar-refractivity contribution in [3.05, 3.63) is 46.5 Å². The largest absolute Gasteiger partial charge is 0.386 e. The fraction of sp³-hybridized carbons (Fsp3) is 0.200. The molecule has 1 aromatic carbocycles. The van der Waals surface area contributed by atoms with Crippen LogP contribution in [0.2, 0.25) is 5.02 Å². The first-order valence-corrected chi connectivity index (χ1v) is 4.71. The van der Waals surface area contributed by atoms with Crippen LogP contribution in [-0.4, -0.2) is 6.54 Å². The lowest BCUT2D eigenvalue weighted by Gasteiger charge is -2.08. The van der Waals surface area contributed by atoms with E-state index in [1.807, 2.05) is 0 Å². The molecule has 1 heterocycles. The number of hydrogen-bond acceptors (Lipinski definition) is 2. The Morgan fingerprint density at radius 1 is 1.50 bits per heavy atom. The monoisotopic (exact) mass is 212 g/mol. The highest BCUT2D eigenvalue weighted by molar-refractivity contribution is 6.30. The molecular weight excluding hydrogens is 203 g/mol. The van der Waals surface area contributed by atoms with Crippen LogP contribution in [0.5, 0.6) is 0 Å². The van der Waals surface area contributed by atoms with Gasteiger partial charge in [0.1, 0.15) is 5.82 Å². The lowest BCUT2D eigenvalue weighted by atomic mass is 10.00. The van der Waals surface area contributed by atoms with Gasteiger partial charge in [0, 0.05) is 17.5 Å². The summed E-state index contributed by atoms with van der Waals surface area (Å²) in [6.45, 7) is 0.628. The van der Waals surface area contributed by atoms with Gasteiger partial charge in [-0.2, -0.15) is 0 Å². The Labute approximate surface area is 86.6 Å². The van der Waals surface area contributed by atoms with Gasteiger partial charge >= 0.3 is 0 Å². The number of benzene rings is 1. The molecule has 14 heavy (non-hydrogen) atoms. The maximum atomic E-state index is 13.4. The molecule has 0 aliphatic carbocycles. The minimum atomic E-state index is -0.243. The van der Waals surface area contributed by atoms with Gasteiger partial charge in [-0.05, 0) is 29.8 Å². The second-order valence-corrected chi connectivity index (χ2v) is 3.71. The lowest BCUT2D eigenvalue weighted by Crippen LogP contribution is -2.16. The van der Waals surface area contributed by atoms with E-state index < -0.39 is 0 Å². The van der Waals surface area contributed by atoms with Gasteiger partial charge in [0.25, 0.3) is 0 Å². The summed E-state index contributed by atoms with van der Waals surface area (Å²) in [6.07, 6.45) is 1.80. The van der Waals surface area contributed by atoms with Crippen LogP contribution >= 0.6 is 11.6 Å². The van der Waals surface area contributed by atoms with Crippen LogP contribution in [0.4, 0.5) is 4.39 Å². The Kier molecular flexibility index (Phi) is 2.33. The third-order valence-electron chi connectivity index (χ3n) is 2.26. The van der Waals surface area contributed by atoms with E-state index in [2.05, 4.69) is 5.32 Å². The molecule has 0 spiro atoms. The van der Waals surface area contributed by atoms with E-state index in [0.717, 1.165) is 0 Å². The minimum absolute atomic E-state index is 0.0197. The predicted octanol–water partition coefficient (Wildman–Crippen LogP) is 1.97. The summed E-state index contributed by atoms with van der Waals surface area (Å²) in [7, 11) is 0. The molecule has 4 heteroatoms. The van der Waals surface area contributed by atoms with Crippen molar-refractivity contribution in [3.8, 4) is 0 Å². The highest BCUT2D eigenvalue weighted by Gasteiger charge is 2.18. The first-order chi connectivity index (χ1) is 6.66. The SMILES string of the molecule is NC1=CC(c2cc(Cl)ccc2F)CN1. The number of nitrogens with two attached hydrogens (primary N) is 1. The predicted molar refractivity (Wildman–Crippen MR) is 54.4 cm³/mol. The van der Waals surface area contributed by atoms with E-state index in [1.54, 1.807) is 12.1 Å². The number of nitrogens with one attached hydrogen (secondary N) is 1. The maximum absolute atomic E-state index is 13.4. The molecule has 74 valence electrons. The van der Waals surface area contributed by atoms with Crippen molar-refractivity contribution < 1.29 is 4.39 Å². The van der Waals surface area contributed by atoms with Crippen molar-refractivity contribution in [1.82, 2.24) is 5.32 Å². The minimum Gasteiger partial charge on any atom is -0.386 e. The van der Waals surface area contributed by atoms with Crippen LogP contribution in [0.3, 0.4) is 0 Å². The van der Waals surface area contributed by atoms with Crippen molar-refractivity contribution in [2.75, 3.05) is 6.54 Å². The van der Waals surface area contributed by atoms with Crippen molar-refractivity contribution in [1.29, 1.82) is 0 Å². The number of halogens is 2. The number of hydrogen-bond donors (Lipinski definition) is 2. The lowest BCUT2D eigenvalue weighted by molar-refractivity contribution is 0.599. The first-order valence-electron chi connectivity index (χ1n) is 4.33. The van der Waals surface area contributed by atoms with E-state index in [-0.39, 0.29) is 11.7 Å². The normalized spacial score (nSPS) is 20.4. The van der Waals surface area contributed by atoms with Crippen LogP contribution in [0.1, 0.15) is 11.5 Å². The third-order valence-corrected chi connectivity index (χ3v) is 2.50. The van der Waals surface area contributed by atoms with E-state index in [9.17, 15) is 4.39 Å². The molecule has 0 radical (unpaired) electrons. The van der Waals surface area contributed by atoms with Gasteiger partial charge in [-0.15, -0.1) is 0 Å². The van der Waals surface area contributed by atoms with E-state index >= 15 is 0 Å². The van der Waals surface area contributed by atoms with Gasteiger partial charge < -0.3 is 11.1 Å². The van der Waals surface area contributed by atoms with Crippen LogP contribution in [0.15, 0.2) is 30.1 Å². The zero-order chi connectivity index (χ0) is 10.1. The second-order valence-electron chi connectivity index (χ2n) is 3.28. The van der Waals surface area contributed by atoms with Crippen LogP contribution in [0.25, 0.3) is 0 Å². The average molecular weight is 213 g/mol. The van der Waals surface area contributed by atoms with Crippen molar-refractivity contribution in [2.45, 2.75) is 5.92 Å². The molecule has 2 nitrogen and oxygen atoms in total. The van der Waals surface area contributed by atoms with Gasteiger partial charge in [0.05, 0.1) is 5.82 Å².